The number of ether oxygens (including phenoxy) is 3. The summed E-state index contributed by atoms with van der Waals surface area (Å²) in [7, 11) is 3.34. The number of benzene rings is 2. The zero-order valence-electron chi connectivity index (χ0n) is 27.3. The zero-order valence-corrected chi connectivity index (χ0v) is 29.7. The van der Waals surface area contributed by atoms with E-state index in [9.17, 15) is 4.79 Å². The van der Waals surface area contributed by atoms with Gasteiger partial charge in [0, 0.05) is 29.8 Å². The number of allylic oxidation sites excluding steroid dienone is 2. The van der Waals surface area contributed by atoms with Gasteiger partial charge >= 0.3 is 0 Å². The molecule has 2 aromatic rings. The summed E-state index contributed by atoms with van der Waals surface area (Å²) in [5.74, 6) is 3.43. The highest BCUT2D eigenvalue weighted by Gasteiger charge is 2.38. The minimum absolute atomic E-state index is 0.110. The van der Waals surface area contributed by atoms with Crippen LogP contribution in [0.2, 0.25) is 5.02 Å². The Morgan fingerprint density at radius 3 is 2.70 bits per heavy atom. The normalized spacial score (nSPS) is 20.9. The lowest BCUT2D eigenvalue weighted by Gasteiger charge is -2.38. The van der Waals surface area contributed by atoms with E-state index in [1.54, 1.807) is 19.1 Å². The van der Waals surface area contributed by atoms with E-state index in [1.165, 1.54) is 18.4 Å². The first-order valence-corrected chi connectivity index (χ1v) is 17.5. The number of likely N-dealkylation sites (tertiary alicyclic amines) is 1. The van der Waals surface area contributed by atoms with Gasteiger partial charge in [0.15, 0.2) is 11.5 Å². The van der Waals surface area contributed by atoms with Gasteiger partial charge in [0.2, 0.25) is 6.41 Å². The van der Waals surface area contributed by atoms with E-state index in [4.69, 9.17) is 30.8 Å². The van der Waals surface area contributed by atoms with Crippen LogP contribution in [-0.2, 0) is 11.2 Å². The van der Waals surface area contributed by atoms with Gasteiger partial charge in [0.25, 0.3) is 0 Å². The number of fused-ring (bicyclic) bond motifs is 1. The maximum atomic E-state index is 12.0. The number of methoxy groups -OCH3 is 2. The average molecular weight is 714 g/mol. The van der Waals surface area contributed by atoms with Crippen LogP contribution < -0.4 is 19.1 Å². The number of halogens is 2. The topological polar surface area (TPSA) is 66.8 Å². The first-order valence-electron chi connectivity index (χ1n) is 16.3. The highest BCUT2D eigenvalue weighted by molar-refractivity contribution is 9.10. The molecule has 10 heteroatoms. The molecule has 3 heterocycles. The van der Waals surface area contributed by atoms with E-state index in [0.29, 0.717) is 47.3 Å². The molecule has 1 fully saturated rings. The van der Waals surface area contributed by atoms with Gasteiger partial charge in [0.05, 0.1) is 38.6 Å². The lowest BCUT2D eigenvalue weighted by Crippen LogP contribution is -2.48. The predicted octanol–water partition coefficient (Wildman–Crippen LogP) is 7.53. The molecule has 0 radical (unpaired) electrons. The Hall–Kier alpha value is -3.01. The monoisotopic (exact) mass is 712 g/mol. The number of rotatable bonds is 15. The van der Waals surface area contributed by atoms with Crippen molar-refractivity contribution in [2.75, 3.05) is 45.4 Å². The molecule has 0 spiro atoms. The lowest BCUT2D eigenvalue weighted by atomic mass is 9.95. The molecule has 0 N–H and O–H groups in total. The molecule has 3 aliphatic heterocycles. The van der Waals surface area contributed by atoms with Crippen LogP contribution in [-0.4, -0.2) is 80.6 Å². The summed E-state index contributed by atoms with van der Waals surface area (Å²) in [4.78, 5) is 23.8. The summed E-state index contributed by atoms with van der Waals surface area (Å²) in [6.07, 6.45) is 15.3. The maximum Gasteiger partial charge on any atom is 0.214 e. The van der Waals surface area contributed by atoms with Crippen LogP contribution in [0.1, 0.15) is 51.5 Å². The Labute approximate surface area is 287 Å². The summed E-state index contributed by atoms with van der Waals surface area (Å²) in [5.41, 5.74) is 1.81. The minimum atomic E-state index is 0.110. The molecule has 0 aliphatic carbocycles. The Kier molecular flexibility index (Phi) is 12.1. The molecule has 5 rings (SSSR count). The van der Waals surface area contributed by atoms with Gasteiger partial charge < -0.3 is 24.0 Å². The molecule has 1 amide bonds. The third-order valence-corrected chi connectivity index (χ3v) is 10.0. The number of hydrogen-bond donors (Lipinski definition) is 0. The van der Waals surface area contributed by atoms with E-state index in [-0.39, 0.29) is 12.1 Å². The Morgan fingerprint density at radius 2 is 1.93 bits per heavy atom. The number of aliphatic imine (C=N–C) groups is 1. The molecule has 1 saturated heterocycles. The van der Waals surface area contributed by atoms with E-state index in [0.717, 1.165) is 61.2 Å². The Morgan fingerprint density at radius 1 is 1.13 bits per heavy atom. The van der Waals surface area contributed by atoms with Gasteiger partial charge in [-0.25, -0.2) is 0 Å². The van der Waals surface area contributed by atoms with E-state index in [2.05, 4.69) is 70.1 Å². The number of amidine groups is 1. The minimum Gasteiger partial charge on any atom is -0.496 e. The zero-order chi connectivity index (χ0) is 32.6. The van der Waals surface area contributed by atoms with Gasteiger partial charge in [0.1, 0.15) is 16.6 Å². The van der Waals surface area contributed by atoms with Crippen LogP contribution in [0.4, 0.5) is 5.69 Å². The SMILES string of the molecule is COc1ccc(Br)cc1CC1C(CN2CCCCC2CCOc2c(OC)ccc(N(C=O)CCC(C)C)c2Cl)N=C2C=CC=CN21. The summed E-state index contributed by atoms with van der Waals surface area (Å²) in [5, 5.41) is 0.404. The molecular formula is C36H46BrClN4O4. The third kappa shape index (κ3) is 8.09. The first kappa shape index (κ1) is 34.3. The second-order valence-electron chi connectivity index (χ2n) is 12.6. The van der Waals surface area contributed by atoms with Crippen molar-refractivity contribution in [3.05, 3.63) is 69.8 Å². The average Bonchev–Trinajstić information content (AvgIpc) is 3.39. The van der Waals surface area contributed by atoms with E-state index < -0.39 is 0 Å². The molecule has 3 aliphatic rings. The molecule has 248 valence electrons. The maximum absolute atomic E-state index is 12.0. The van der Waals surface area contributed by atoms with Crippen molar-refractivity contribution in [1.29, 1.82) is 0 Å². The van der Waals surface area contributed by atoms with Crippen molar-refractivity contribution in [3.63, 3.8) is 0 Å². The molecule has 3 atom stereocenters. The molecule has 8 nitrogen and oxygen atoms in total. The number of nitrogens with zero attached hydrogens (tertiary/aromatic N) is 4. The van der Waals surface area contributed by atoms with E-state index in [1.807, 2.05) is 24.3 Å². The largest absolute Gasteiger partial charge is 0.496 e. The van der Waals surface area contributed by atoms with Crippen LogP contribution >= 0.6 is 27.5 Å². The van der Waals surface area contributed by atoms with Gasteiger partial charge in [-0.2, -0.15) is 0 Å². The predicted molar refractivity (Wildman–Crippen MR) is 190 cm³/mol. The molecule has 3 unspecified atom stereocenters. The van der Waals surface area contributed by atoms with Crippen molar-refractivity contribution in [2.24, 2.45) is 10.9 Å². The third-order valence-electron chi connectivity index (χ3n) is 9.15. The molecule has 0 saturated carbocycles. The smallest absolute Gasteiger partial charge is 0.214 e. The number of carbonyl (C=O) groups excluding carboxylic acids is 1. The standard InChI is InChI=1S/C36H46BrClN4O4/c1-25(2)15-19-41(24-43)30-12-14-33(45-4)36(35(30)38)46-20-16-28-9-5-7-17-40(28)23-29-31(42-18-8-6-10-34(42)39-29)22-26-21-27(37)11-13-32(26)44-3/h6,8,10-14,18,21,24-25,28-29,31H,5,7,9,15-17,19-20,22-23H2,1-4H3. The van der Waals surface area contributed by atoms with Gasteiger partial charge in [-0.05, 0) is 92.6 Å². The second-order valence-corrected chi connectivity index (χ2v) is 13.9. The fourth-order valence-corrected chi connectivity index (χ4v) is 7.37. The van der Waals surface area contributed by atoms with Crippen LogP contribution in [0.15, 0.2) is 64.2 Å². The van der Waals surface area contributed by atoms with Crippen molar-refractivity contribution in [2.45, 2.75) is 70.5 Å². The van der Waals surface area contributed by atoms with E-state index >= 15 is 0 Å². The second kappa shape index (κ2) is 16.2. The fourth-order valence-electron chi connectivity index (χ4n) is 6.64. The van der Waals surface area contributed by atoms with Gasteiger partial charge in [-0.15, -0.1) is 0 Å². The van der Waals surface area contributed by atoms with Gasteiger partial charge in [-0.3, -0.25) is 14.7 Å². The number of piperidine rings is 1. The fraction of sp³-hybridized carbons (Fsp3) is 0.500. The van der Waals surface area contributed by atoms with Crippen LogP contribution in [0.25, 0.3) is 0 Å². The van der Waals surface area contributed by atoms with Crippen LogP contribution in [0.3, 0.4) is 0 Å². The molecule has 0 aromatic heterocycles. The summed E-state index contributed by atoms with van der Waals surface area (Å²) in [6, 6.07) is 10.5. The van der Waals surface area contributed by atoms with Crippen molar-refractivity contribution in [3.8, 4) is 17.2 Å². The van der Waals surface area contributed by atoms with Crippen molar-refractivity contribution < 1.29 is 19.0 Å². The van der Waals surface area contributed by atoms with Crippen molar-refractivity contribution in [1.82, 2.24) is 9.80 Å². The van der Waals surface area contributed by atoms with Gasteiger partial charge in [-0.1, -0.05) is 53.9 Å². The number of carbonyl (C=O) groups is 1. The summed E-state index contributed by atoms with van der Waals surface area (Å²) < 4.78 is 18.7. The number of anilines is 1. The molecule has 2 aromatic carbocycles. The van der Waals surface area contributed by atoms with Crippen molar-refractivity contribution >= 4 is 45.5 Å². The molecular weight excluding hydrogens is 668 g/mol. The Bertz CT molecular complexity index is 1450. The number of amides is 1. The first-order chi connectivity index (χ1) is 22.3. The highest BCUT2D eigenvalue weighted by Crippen LogP contribution is 2.42. The summed E-state index contributed by atoms with van der Waals surface area (Å²) in [6.45, 7) is 7.27. The van der Waals surface area contributed by atoms with Crippen LogP contribution in [0, 0.1) is 5.92 Å². The quantitative estimate of drug-likeness (QED) is 0.178. The Balaban J connectivity index is 1.28. The lowest BCUT2D eigenvalue weighted by molar-refractivity contribution is -0.107. The highest BCUT2D eigenvalue weighted by atomic mass is 79.9. The molecule has 0 bridgehead atoms. The summed E-state index contributed by atoms with van der Waals surface area (Å²) >= 11 is 10.5. The molecule has 46 heavy (non-hydrogen) atoms. The van der Waals surface area contributed by atoms with Crippen LogP contribution in [0.5, 0.6) is 17.2 Å². The number of hydrogen-bond acceptors (Lipinski definition) is 7.